The van der Waals surface area contributed by atoms with Crippen molar-refractivity contribution in [2.75, 3.05) is 0 Å². The average Bonchev–Trinajstić information content (AvgIpc) is 2.17. The molecular formula is C8H5ClN2O2. The molecule has 1 aromatic rings. The molecule has 0 aromatic heterocycles. The average molecular weight is 197 g/mol. The van der Waals surface area contributed by atoms with Gasteiger partial charge in [-0.3, -0.25) is 10.1 Å². The Balaban J connectivity index is 2.95. The SMILES string of the molecule is N#C[C@@H](Cl)c1ccc([N+](=O)[O-])cc1. The van der Waals surface area contributed by atoms with E-state index in [0.717, 1.165) is 0 Å². The van der Waals surface area contributed by atoms with E-state index >= 15 is 0 Å². The number of non-ortho nitro benzene ring substituents is 1. The van der Waals surface area contributed by atoms with E-state index in [0.29, 0.717) is 5.56 Å². The molecule has 0 fully saturated rings. The Labute approximate surface area is 79.5 Å². The summed E-state index contributed by atoms with van der Waals surface area (Å²) in [6, 6.07) is 7.41. The predicted octanol–water partition coefficient (Wildman–Crippen LogP) is 2.40. The minimum atomic E-state index is -0.749. The molecular weight excluding hydrogens is 192 g/mol. The highest BCUT2D eigenvalue weighted by atomic mass is 35.5. The van der Waals surface area contributed by atoms with E-state index in [2.05, 4.69) is 0 Å². The highest BCUT2D eigenvalue weighted by Gasteiger charge is 2.08. The zero-order valence-electron chi connectivity index (χ0n) is 6.48. The summed E-state index contributed by atoms with van der Waals surface area (Å²) in [6.45, 7) is 0. The molecule has 0 heterocycles. The molecule has 0 amide bonds. The number of halogens is 1. The van der Waals surface area contributed by atoms with E-state index < -0.39 is 10.3 Å². The first-order valence-corrected chi connectivity index (χ1v) is 3.87. The van der Waals surface area contributed by atoms with E-state index in [9.17, 15) is 10.1 Å². The van der Waals surface area contributed by atoms with Crippen LogP contribution in [0, 0.1) is 21.4 Å². The minimum Gasteiger partial charge on any atom is -0.258 e. The van der Waals surface area contributed by atoms with Crippen LogP contribution in [0.1, 0.15) is 10.9 Å². The van der Waals surface area contributed by atoms with Crippen molar-refractivity contribution in [3.63, 3.8) is 0 Å². The lowest BCUT2D eigenvalue weighted by molar-refractivity contribution is -0.384. The van der Waals surface area contributed by atoms with Crippen LogP contribution >= 0.6 is 11.6 Å². The monoisotopic (exact) mass is 196 g/mol. The van der Waals surface area contributed by atoms with Crippen molar-refractivity contribution >= 4 is 17.3 Å². The Morgan fingerprint density at radius 3 is 2.38 bits per heavy atom. The third-order valence-corrected chi connectivity index (χ3v) is 1.86. The van der Waals surface area contributed by atoms with Crippen LogP contribution in [-0.4, -0.2) is 4.92 Å². The number of benzene rings is 1. The van der Waals surface area contributed by atoms with Crippen molar-refractivity contribution in [1.82, 2.24) is 0 Å². The molecule has 1 rings (SSSR count). The van der Waals surface area contributed by atoms with Gasteiger partial charge in [0.05, 0.1) is 11.0 Å². The summed E-state index contributed by atoms with van der Waals surface area (Å²) in [6.07, 6.45) is 0. The van der Waals surface area contributed by atoms with Crippen molar-refractivity contribution in [2.24, 2.45) is 0 Å². The number of alkyl halides is 1. The molecule has 0 spiro atoms. The molecule has 0 saturated heterocycles. The van der Waals surface area contributed by atoms with E-state index in [-0.39, 0.29) is 5.69 Å². The maximum atomic E-state index is 10.3. The second-order valence-corrected chi connectivity index (χ2v) is 2.78. The zero-order chi connectivity index (χ0) is 9.84. The number of nitro groups is 1. The fourth-order valence-corrected chi connectivity index (χ4v) is 0.985. The lowest BCUT2D eigenvalue weighted by atomic mass is 10.1. The number of nitro benzene ring substituents is 1. The van der Waals surface area contributed by atoms with Gasteiger partial charge in [-0.15, -0.1) is 11.6 Å². The van der Waals surface area contributed by atoms with E-state index in [1.54, 1.807) is 0 Å². The van der Waals surface area contributed by atoms with Crippen molar-refractivity contribution in [3.8, 4) is 6.07 Å². The summed E-state index contributed by atoms with van der Waals surface area (Å²) in [5.74, 6) is 0. The molecule has 0 aliphatic heterocycles. The van der Waals surface area contributed by atoms with Crippen LogP contribution < -0.4 is 0 Å². The maximum Gasteiger partial charge on any atom is 0.269 e. The maximum absolute atomic E-state index is 10.3. The van der Waals surface area contributed by atoms with Gasteiger partial charge in [0, 0.05) is 12.1 Å². The van der Waals surface area contributed by atoms with E-state index in [4.69, 9.17) is 16.9 Å². The van der Waals surface area contributed by atoms with Crippen LogP contribution in [0.3, 0.4) is 0 Å². The summed E-state index contributed by atoms with van der Waals surface area (Å²) < 4.78 is 0. The van der Waals surface area contributed by atoms with Crippen LogP contribution in [0.25, 0.3) is 0 Å². The summed E-state index contributed by atoms with van der Waals surface area (Å²) in [5.41, 5.74) is 0.556. The third kappa shape index (κ3) is 2.17. The summed E-state index contributed by atoms with van der Waals surface area (Å²) in [4.78, 5) is 9.76. The molecule has 0 N–H and O–H groups in total. The summed E-state index contributed by atoms with van der Waals surface area (Å²) in [5, 5.41) is 18.0. The van der Waals surface area contributed by atoms with Gasteiger partial charge in [-0.25, -0.2) is 0 Å². The van der Waals surface area contributed by atoms with Gasteiger partial charge in [-0.05, 0) is 17.7 Å². The molecule has 1 aromatic carbocycles. The first kappa shape index (κ1) is 9.49. The number of rotatable bonds is 2. The van der Waals surface area contributed by atoms with Crippen molar-refractivity contribution < 1.29 is 4.92 Å². The van der Waals surface area contributed by atoms with Gasteiger partial charge >= 0.3 is 0 Å². The van der Waals surface area contributed by atoms with Crippen LogP contribution in [0.2, 0.25) is 0 Å². The van der Waals surface area contributed by atoms with Gasteiger partial charge in [0.15, 0.2) is 0 Å². The molecule has 0 saturated carbocycles. The second-order valence-electron chi connectivity index (χ2n) is 2.34. The largest absolute Gasteiger partial charge is 0.269 e. The van der Waals surface area contributed by atoms with Crippen molar-refractivity contribution in [1.29, 1.82) is 5.26 Å². The summed E-state index contributed by atoms with van der Waals surface area (Å²) in [7, 11) is 0. The summed E-state index contributed by atoms with van der Waals surface area (Å²) >= 11 is 5.59. The zero-order valence-corrected chi connectivity index (χ0v) is 7.23. The molecule has 1 atom stereocenters. The Morgan fingerprint density at radius 2 is 2.00 bits per heavy atom. The molecule has 5 heteroatoms. The van der Waals surface area contributed by atoms with Crippen LogP contribution in [0.5, 0.6) is 0 Å². The predicted molar refractivity (Wildman–Crippen MR) is 47.3 cm³/mol. The van der Waals surface area contributed by atoms with Gasteiger partial charge in [-0.1, -0.05) is 0 Å². The molecule has 0 radical (unpaired) electrons. The smallest absolute Gasteiger partial charge is 0.258 e. The van der Waals surface area contributed by atoms with Gasteiger partial charge in [0.1, 0.15) is 5.38 Å². The fourth-order valence-electron chi connectivity index (χ4n) is 0.840. The quantitative estimate of drug-likeness (QED) is 0.414. The number of nitrogens with zero attached hydrogens (tertiary/aromatic N) is 2. The van der Waals surface area contributed by atoms with Gasteiger partial charge in [0.25, 0.3) is 5.69 Å². The highest BCUT2D eigenvalue weighted by molar-refractivity contribution is 6.22. The lowest BCUT2D eigenvalue weighted by Crippen LogP contribution is -1.90. The molecule has 4 nitrogen and oxygen atoms in total. The molecule has 66 valence electrons. The number of hydrogen-bond acceptors (Lipinski definition) is 3. The Hall–Kier alpha value is -1.60. The van der Waals surface area contributed by atoms with Crippen molar-refractivity contribution in [2.45, 2.75) is 5.38 Å². The standard InChI is InChI=1S/C8H5ClN2O2/c9-8(5-10)6-1-3-7(4-2-6)11(12)13/h1-4,8H/t8-/m1/s1. The molecule has 0 aliphatic carbocycles. The Morgan fingerprint density at radius 1 is 1.46 bits per heavy atom. The van der Waals surface area contributed by atoms with E-state index in [1.165, 1.54) is 24.3 Å². The number of hydrogen-bond donors (Lipinski definition) is 0. The molecule has 0 aliphatic rings. The minimum absolute atomic E-state index is 0.00874. The first-order chi connectivity index (χ1) is 6.15. The van der Waals surface area contributed by atoms with Crippen LogP contribution in [-0.2, 0) is 0 Å². The van der Waals surface area contributed by atoms with E-state index in [1.807, 2.05) is 6.07 Å². The first-order valence-electron chi connectivity index (χ1n) is 3.43. The molecule has 13 heavy (non-hydrogen) atoms. The fraction of sp³-hybridized carbons (Fsp3) is 0.125. The number of nitriles is 1. The Bertz CT molecular complexity index is 355. The highest BCUT2D eigenvalue weighted by Crippen LogP contribution is 2.21. The molecule has 0 bridgehead atoms. The Kier molecular flexibility index (Phi) is 2.83. The third-order valence-electron chi connectivity index (χ3n) is 1.51. The van der Waals surface area contributed by atoms with Gasteiger partial charge < -0.3 is 0 Å². The lowest BCUT2D eigenvalue weighted by Gasteiger charge is -1.98. The van der Waals surface area contributed by atoms with Crippen molar-refractivity contribution in [3.05, 3.63) is 39.9 Å². The normalized spacial score (nSPS) is 11.7. The van der Waals surface area contributed by atoms with Crippen LogP contribution in [0.15, 0.2) is 24.3 Å². The van der Waals surface area contributed by atoms with Gasteiger partial charge in [-0.2, -0.15) is 5.26 Å². The molecule has 0 unspecified atom stereocenters. The second kappa shape index (κ2) is 3.87. The van der Waals surface area contributed by atoms with Gasteiger partial charge in [0.2, 0.25) is 0 Å². The van der Waals surface area contributed by atoms with Crippen LogP contribution in [0.4, 0.5) is 5.69 Å². The topological polar surface area (TPSA) is 66.9 Å².